The molecule has 21 heavy (non-hydrogen) atoms. The number of rotatable bonds is 3. The van der Waals surface area contributed by atoms with E-state index in [-0.39, 0.29) is 17.8 Å². The molecule has 0 saturated carbocycles. The van der Waals surface area contributed by atoms with E-state index >= 15 is 0 Å². The van der Waals surface area contributed by atoms with Gasteiger partial charge in [-0.2, -0.15) is 0 Å². The maximum Gasteiger partial charge on any atom is 0.254 e. The third-order valence-electron chi connectivity index (χ3n) is 3.38. The van der Waals surface area contributed by atoms with E-state index in [4.69, 9.17) is 4.74 Å². The largest absolute Gasteiger partial charge is 0.471 e. The maximum absolute atomic E-state index is 12.8. The minimum Gasteiger partial charge on any atom is -0.471 e. The van der Waals surface area contributed by atoms with Crippen molar-refractivity contribution in [1.29, 1.82) is 0 Å². The number of aryl methyl sites for hydroxylation is 1. The molecule has 1 fully saturated rings. The van der Waals surface area contributed by atoms with Crippen molar-refractivity contribution in [1.82, 2.24) is 9.88 Å². The van der Waals surface area contributed by atoms with E-state index in [2.05, 4.69) is 4.98 Å². The van der Waals surface area contributed by atoms with Crippen LogP contribution in [0.25, 0.3) is 0 Å². The number of benzene rings is 1. The highest BCUT2D eigenvalue weighted by atomic mass is 19.1. The molecule has 1 aromatic heterocycles. The number of carbonyl (C=O) groups is 1. The molecule has 108 valence electrons. The average molecular weight is 286 g/mol. The Labute approximate surface area is 122 Å². The summed E-state index contributed by atoms with van der Waals surface area (Å²) in [6.45, 7) is 2.94. The molecule has 4 nitrogen and oxygen atoms in total. The Morgan fingerprint density at radius 1 is 1.24 bits per heavy atom. The van der Waals surface area contributed by atoms with Crippen molar-refractivity contribution >= 4 is 5.91 Å². The third kappa shape index (κ3) is 3.02. The van der Waals surface area contributed by atoms with E-state index in [1.807, 2.05) is 19.1 Å². The Morgan fingerprint density at radius 3 is 2.62 bits per heavy atom. The van der Waals surface area contributed by atoms with Crippen LogP contribution in [0.5, 0.6) is 5.88 Å². The lowest BCUT2D eigenvalue weighted by Crippen LogP contribution is -2.56. The van der Waals surface area contributed by atoms with Crippen LogP contribution >= 0.6 is 0 Å². The van der Waals surface area contributed by atoms with Crippen molar-refractivity contribution in [2.45, 2.75) is 13.0 Å². The average Bonchev–Trinajstić information content (AvgIpc) is 2.42. The van der Waals surface area contributed by atoms with Gasteiger partial charge in [-0.05, 0) is 37.3 Å². The highest BCUT2D eigenvalue weighted by molar-refractivity contribution is 5.94. The molecule has 0 bridgehead atoms. The quantitative estimate of drug-likeness (QED) is 0.870. The monoisotopic (exact) mass is 286 g/mol. The van der Waals surface area contributed by atoms with Crippen LogP contribution in [0.3, 0.4) is 0 Å². The van der Waals surface area contributed by atoms with E-state index in [9.17, 15) is 9.18 Å². The molecule has 1 aromatic carbocycles. The minimum atomic E-state index is -0.345. The second-order valence-electron chi connectivity index (χ2n) is 5.07. The molecule has 1 aliphatic rings. The lowest BCUT2D eigenvalue weighted by atomic mass is 10.1. The Kier molecular flexibility index (Phi) is 3.56. The summed E-state index contributed by atoms with van der Waals surface area (Å²) < 4.78 is 18.5. The van der Waals surface area contributed by atoms with Crippen LogP contribution < -0.4 is 4.74 Å². The van der Waals surface area contributed by atoms with E-state index in [0.29, 0.717) is 24.5 Å². The van der Waals surface area contributed by atoms with E-state index in [1.165, 1.54) is 24.3 Å². The Hall–Kier alpha value is -2.43. The number of aromatic nitrogens is 1. The standard InChI is InChI=1S/C16H15FN2O2/c1-11-3-2-4-15(18-11)21-14-9-19(10-14)16(20)12-5-7-13(17)8-6-12/h2-8,14H,9-10H2,1H3. The normalized spacial score (nSPS) is 14.7. The summed E-state index contributed by atoms with van der Waals surface area (Å²) in [5.74, 6) is 0.128. The molecule has 0 unspecified atom stereocenters. The lowest BCUT2D eigenvalue weighted by Gasteiger charge is -2.38. The first kappa shape index (κ1) is 13.5. The SMILES string of the molecule is Cc1cccc(OC2CN(C(=O)c3ccc(F)cc3)C2)n1. The molecular weight excluding hydrogens is 271 g/mol. The molecule has 0 atom stereocenters. The first-order chi connectivity index (χ1) is 10.1. The number of halogens is 1. The van der Waals surface area contributed by atoms with Gasteiger partial charge in [-0.25, -0.2) is 9.37 Å². The number of carbonyl (C=O) groups excluding carboxylic acids is 1. The summed E-state index contributed by atoms with van der Waals surface area (Å²) in [4.78, 5) is 18.1. The third-order valence-corrected chi connectivity index (χ3v) is 3.38. The molecule has 2 heterocycles. The molecule has 3 rings (SSSR count). The van der Waals surface area contributed by atoms with Gasteiger partial charge in [0.2, 0.25) is 5.88 Å². The zero-order chi connectivity index (χ0) is 14.8. The highest BCUT2D eigenvalue weighted by Crippen LogP contribution is 2.19. The Balaban J connectivity index is 1.56. The fourth-order valence-electron chi connectivity index (χ4n) is 2.21. The molecular formula is C16H15FN2O2. The fourth-order valence-corrected chi connectivity index (χ4v) is 2.21. The van der Waals surface area contributed by atoms with Crippen LogP contribution in [0.4, 0.5) is 4.39 Å². The minimum absolute atomic E-state index is 0.0382. The molecule has 1 saturated heterocycles. The summed E-state index contributed by atoms with van der Waals surface area (Å²) in [7, 11) is 0. The van der Waals surface area contributed by atoms with Crippen molar-refractivity contribution in [3.8, 4) is 5.88 Å². The van der Waals surface area contributed by atoms with Gasteiger partial charge in [-0.15, -0.1) is 0 Å². The lowest BCUT2D eigenvalue weighted by molar-refractivity contribution is 0.0159. The van der Waals surface area contributed by atoms with E-state index in [0.717, 1.165) is 5.69 Å². The van der Waals surface area contributed by atoms with Gasteiger partial charge < -0.3 is 9.64 Å². The summed E-state index contributed by atoms with van der Waals surface area (Å²) >= 11 is 0. The van der Waals surface area contributed by atoms with Gasteiger partial charge in [0.1, 0.15) is 11.9 Å². The van der Waals surface area contributed by atoms with Gasteiger partial charge in [-0.1, -0.05) is 6.07 Å². The first-order valence-corrected chi connectivity index (χ1v) is 6.77. The van der Waals surface area contributed by atoms with Crippen molar-refractivity contribution in [2.24, 2.45) is 0 Å². The molecule has 0 radical (unpaired) electrons. The van der Waals surface area contributed by atoms with Gasteiger partial charge in [-0.3, -0.25) is 4.79 Å². The molecule has 2 aromatic rings. The van der Waals surface area contributed by atoms with Crippen molar-refractivity contribution < 1.29 is 13.9 Å². The second kappa shape index (κ2) is 5.52. The number of likely N-dealkylation sites (tertiary alicyclic amines) is 1. The molecule has 5 heteroatoms. The van der Waals surface area contributed by atoms with Gasteiger partial charge in [0.25, 0.3) is 5.91 Å². The van der Waals surface area contributed by atoms with Crippen LogP contribution in [-0.4, -0.2) is 35.0 Å². The number of amides is 1. The van der Waals surface area contributed by atoms with Crippen LogP contribution in [0.2, 0.25) is 0 Å². The van der Waals surface area contributed by atoms with Crippen LogP contribution in [0, 0.1) is 12.7 Å². The van der Waals surface area contributed by atoms with Gasteiger partial charge in [0.15, 0.2) is 0 Å². The van der Waals surface area contributed by atoms with Gasteiger partial charge >= 0.3 is 0 Å². The van der Waals surface area contributed by atoms with E-state index < -0.39 is 0 Å². The van der Waals surface area contributed by atoms with Gasteiger partial charge in [0.05, 0.1) is 13.1 Å². The van der Waals surface area contributed by atoms with Crippen LogP contribution in [-0.2, 0) is 0 Å². The van der Waals surface area contributed by atoms with E-state index in [1.54, 1.807) is 11.0 Å². The molecule has 0 aliphatic carbocycles. The summed E-state index contributed by atoms with van der Waals surface area (Å²) in [5.41, 5.74) is 1.38. The Bertz CT molecular complexity index is 652. The molecule has 1 amide bonds. The topological polar surface area (TPSA) is 42.4 Å². The smallest absolute Gasteiger partial charge is 0.254 e. The Morgan fingerprint density at radius 2 is 1.95 bits per heavy atom. The first-order valence-electron chi connectivity index (χ1n) is 6.77. The fraction of sp³-hybridized carbons (Fsp3) is 0.250. The predicted octanol–water partition coefficient (Wildman–Crippen LogP) is 2.43. The van der Waals surface area contributed by atoms with Crippen molar-refractivity contribution in [2.75, 3.05) is 13.1 Å². The molecule has 0 N–H and O–H groups in total. The highest BCUT2D eigenvalue weighted by Gasteiger charge is 2.33. The summed E-state index contributed by atoms with van der Waals surface area (Å²) in [5, 5.41) is 0. The predicted molar refractivity (Wildman–Crippen MR) is 75.7 cm³/mol. The number of nitrogens with zero attached hydrogens (tertiary/aromatic N) is 2. The molecule has 0 spiro atoms. The second-order valence-corrected chi connectivity index (χ2v) is 5.07. The zero-order valence-corrected chi connectivity index (χ0v) is 11.6. The number of ether oxygens (including phenoxy) is 1. The summed E-state index contributed by atoms with van der Waals surface area (Å²) in [6.07, 6.45) is -0.0382. The number of hydrogen-bond acceptors (Lipinski definition) is 3. The van der Waals surface area contributed by atoms with Crippen LogP contribution in [0.15, 0.2) is 42.5 Å². The number of pyridine rings is 1. The van der Waals surface area contributed by atoms with Crippen molar-refractivity contribution in [3.63, 3.8) is 0 Å². The van der Waals surface area contributed by atoms with Crippen LogP contribution in [0.1, 0.15) is 16.1 Å². The van der Waals surface area contributed by atoms with Crippen molar-refractivity contribution in [3.05, 3.63) is 59.5 Å². The van der Waals surface area contributed by atoms with Gasteiger partial charge in [0, 0.05) is 17.3 Å². The number of hydrogen-bond donors (Lipinski definition) is 0. The maximum atomic E-state index is 12.8. The molecule has 1 aliphatic heterocycles. The summed E-state index contributed by atoms with van der Waals surface area (Å²) in [6, 6.07) is 11.2. The zero-order valence-electron chi connectivity index (χ0n) is 11.6.